The summed E-state index contributed by atoms with van der Waals surface area (Å²) < 4.78 is 12.9. The molecular weight excluding hydrogens is 217 g/mol. The first-order valence-corrected chi connectivity index (χ1v) is 5.46. The van der Waals surface area contributed by atoms with Crippen molar-refractivity contribution >= 4 is 0 Å². The number of aromatic amines is 1. The number of nitrogens with zero attached hydrogens (tertiary/aromatic N) is 2. The summed E-state index contributed by atoms with van der Waals surface area (Å²) in [5.41, 5.74) is 2.23. The van der Waals surface area contributed by atoms with Crippen LogP contribution in [0.5, 0.6) is 0 Å². The second-order valence-corrected chi connectivity index (χ2v) is 4.36. The van der Waals surface area contributed by atoms with Gasteiger partial charge in [0.15, 0.2) is 0 Å². The van der Waals surface area contributed by atoms with Crippen molar-refractivity contribution in [3.8, 4) is 17.3 Å². The molecule has 1 saturated carbocycles. The van der Waals surface area contributed by atoms with Crippen LogP contribution in [0.3, 0.4) is 0 Å². The van der Waals surface area contributed by atoms with E-state index in [1.54, 1.807) is 18.3 Å². The summed E-state index contributed by atoms with van der Waals surface area (Å²) in [5, 5.41) is 16.1. The minimum absolute atomic E-state index is 0.267. The molecular formula is C13H10FN3. The average Bonchev–Trinajstić information content (AvgIpc) is 3.00. The van der Waals surface area contributed by atoms with Crippen molar-refractivity contribution < 1.29 is 4.39 Å². The van der Waals surface area contributed by atoms with Crippen LogP contribution >= 0.6 is 0 Å². The van der Waals surface area contributed by atoms with Gasteiger partial charge in [-0.3, -0.25) is 5.10 Å². The lowest BCUT2D eigenvalue weighted by Crippen LogP contribution is -2.02. The second kappa shape index (κ2) is 3.42. The SMILES string of the molecule is N#CC1(c2cn[nH]c2-c2ccc(F)cc2)CC1. The van der Waals surface area contributed by atoms with Crippen molar-refractivity contribution in [3.63, 3.8) is 0 Å². The Morgan fingerprint density at radius 3 is 2.59 bits per heavy atom. The molecule has 2 aromatic rings. The Morgan fingerprint density at radius 2 is 2.00 bits per heavy atom. The fraction of sp³-hybridized carbons (Fsp3) is 0.231. The standard InChI is InChI=1S/C13H10FN3/c14-10-3-1-9(2-4-10)12-11(7-16-17-12)13(8-15)5-6-13/h1-4,7H,5-6H2,(H,16,17). The van der Waals surface area contributed by atoms with Crippen molar-refractivity contribution in [2.45, 2.75) is 18.3 Å². The van der Waals surface area contributed by atoms with E-state index in [-0.39, 0.29) is 11.2 Å². The summed E-state index contributed by atoms with van der Waals surface area (Å²) in [7, 11) is 0. The van der Waals surface area contributed by atoms with Crippen LogP contribution in [0.25, 0.3) is 11.3 Å². The average molecular weight is 227 g/mol. The molecule has 1 aromatic heterocycles. The van der Waals surface area contributed by atoms with Gasteiger partial charge in [0.1, 0.15) is 5.82 Å². The van der Waals surface area contributed by atoms with Gasteiger partial charge in [-0.2, -0.15) is 10.4 Å². The third-order valence-corrected chi connectivity index (χ3v) is 3.25. The third-order valence-electron chi connectivity index (χ3n) is 3.25. The first-order valence-electron chi connectivity index (χ1n) is 5.46. The van der Waals surface area contributed by atoms with Gasteiger partial charge in [-0.25, -0.2) is 4.39 Å². The third kappa shape index (κ3) is 1.51. The molecule has 0 amide bonds. The Labute approximate surface area is 97.9 Å². The van der Waals surface area contributed by atoms with Crippen molar-refractivity contribution in [3.05, 3.63) is 41.8 Å². The van der Waals surface area contributed by atoms with E-state index in [0.717, 1.165) is 29.7 Å². The molecule has 0 aliphatic heterocycles. The Balaban J connectivity index is 2.08. The predicted octanol–water partition coefficient (Wildman–Crippen LogP) is 2.77. The maximum atomic E-state index is 12.9. The monoisotopic (exact) mass is 227 g/mol. The fourth-order valence-corrected chi connectivity index (χ4v) is 2.05. The highest BCUT2D eigenvalue weighted by molar-refractivity contribution is 5.66. The van der Waals surface area contributed by atoms with Crippen molar-refractivity contribution in [2.75, 3.05) is 0 Å². The summed E-state index contributed by atoms with van der Waals surface area (Å²) in [6.07, 6.45) is 3.45. The van der Waals surface area contributed by atoms with E-state index in [0.29, 0.717) is 0 Å². The minimum atomic E-state index is -0.378. The highest BCUT2D eigenvalue weighted by Crippen LogP contribution is 2.50. The maximum absolute atomic E-state index is 12.9. The second-order valence-electron chi connectivity index (χ2n) is 4.36. The molecule has 0 bridgehead atoms. The van der Waals surface area contributed by atoms with Crippen LogP contribution < -0.4 is 0 Å². The van der Waals surface area contributed by atoms with E-state index in [2.05, 4.69) is 16.3 Å². The number of hydrogen-bond donors (Lipinski definition) is 1. The molecule has 3 rings (SSSR count). The molecule has 0 atom stereocenters. The van der Waals surface area contributed by atoms with Gasteiger partial charge in [-0.1, -0.05) is 0 Å². The molecule has 1 N–H and O–H groups in total. The highest BCUT2D eigenvalue weighted by Gasteiger charge is 2.47. The number of aromatic nitrogens is 2. The van der Waals surface area contributed by atoms with Gasteiger partial charge in [0.2, 0.25) is 0 Å². The Morgan fingerprint density at radius 1 is 1.29 bits per heavy atom. The molecule has 3 nitrogen and oxygen atoms in total. The molecule has 0 saturated heterocycles. The number of H-pyrrole nitrogens is 1. The molecule has 4 heteroatoms. The summed E-state index contributed by atoms with van der Waals surface area (Å²) in [5.74, 6) is -0.267. The van der Waals surface area contributed by atoms with Crippen LogP contribution in [0.2, 0.25) is 0 Å². The normalized spacial score (nSPS) is 16.5. The van der Waals surface area contributed by atoms with Gasteiger partial charge in [0.05, 0.1) is 23.4 Å². The van der Waals surface area contributed by atoms with Gasteiger partial charge in [0.25, 0.3) is 0 Å². The highest BCUT2D eigenvalue weighted by atomic mass is 19.1. The lowest BCUT2D eigenvalue weighted by atomic mass is 9.95. The Bertz CT molecular complexity index is 588. The number of nitrogens with one attached hydrogen (secondary N) is 1. The fourth-order valence-electron chi connectivity index (χ4n) is 2.05. The predicted molar refractivity (Wildman–Crippen MR) is 60.5 cm³/mol. The van der Waals surface area contributed by atoms with E-state index < -0.39 is 0 Å². The summed E-state index contributed by atoms with van der Waals surface area (Å²) in [6.45, 7) is 0. The van der Waals surface area contributed by atoms with Gasteiger partial charge < -0.3 is 0 Å². The van der Waals surface area contributed by atoms with Crippen LogP contribution in [-0.2, 0) is 5.41 Å². The molecule has 1 aliphatic carbocycles. The van der Waals surface area contributed by atoms with E-state index in [1.165, 1.54) is 12.1 Å². The largest absolute Gasteiger partial charge is 0.278 e. The van der Waals surface area contributed by atoms with Crippen molar-refractivity contribution in [2.24, 2.45) is 0 Å². The van der Waals surface area contributed by atoms with Gasteiger partial charge >= 0.3 is 0 Å². The number of benzene rings is 1. The number of nitriles is 1. The number of rotatable bonds is 2. The number of halogens is 1. The van der Waals surface area contributed by atoms with E-state index in [9.17, 15) is 9.65 Å². The molecule has 0 radical (unpaired) electrons. The van der Waals surface area contributed by atoms with E-state index in [1.807, 2.05) is 0 Å². The molecule has 1 aliphatic rings. The van der Waals surface area contributed by atoms with Crippen LogP contribution in [0.1, 0.15) is 18.4 Å². The summed E-state index contributed by atoms with van der Waals surface area (Å²) in [6, 6.07) is 8.55. The minimum Gasteiger partial charge on any atom is -0.278 e. The van der Waals surface area contributed by atoms with Gasteiger partial charge in [-0.15, -0.1) is 0 Å². The lowest BCUT2D eigenvalue weighted by Gasteiger charge is -2.06. The molecule has 84 valence electrons. The first kappa shape index (κ1) is 10.0. The van der Waals surface area contributed by atoms with Gasteiger partial charge in [0, 0.05) is 11.1 Å². The van der Waals surface area contributed by atoms with Crippen LogP contribution in [0, 0.1) is 17.1 Å². The van der Waals surface area contributed by atoms with Crippen LogP contribution in [0.4, 0.5) is 4.39 Å². The first-order chi connectivity index (χ1) is 8.25. The zero-order valence-electron chi connectivity index (χ0n) is 9.07. The zero-order valence-corrected chi connectivity index (χ0v) is 9.07. The Hall–Kier alpha value is -2.15. The smallest absolute Gasteiger partial charge is 0.123 e. The van der Waals surface area contributed by atoms with Crippen molar-refractivity contribution in [1.29, 1.82) is 5.26 Å². The molecule has 17 heavy (non-hydrogen) atoms. The molecule has 1 aromatic carbocycles. The summed E-state index contributed by atoms with van der Waals surface area (Å²) >= 11 is 0. The molecule has 1 fully saturated rings. The Kier molecular flexibility index (Phi) is 2.02. The molecule has 0 spiro atoms. The maximum Gasteiger partial charge on any atom is 0.123 e. The zero-order chi connectivity index (χ0) is 11.9. The molecule has 1 heterocycles. The van der Waals surface area contributed by atoms with E-state index in [4.69, 9.17) is 0 Å². The van der Waals surface area contributed by atoms with Crippen LogP contribution in [-0.4, -0.2) is 10.2 Å². The van der Waals surface area contributed by atoms with Gasteiger partial charge in [-0.05, 0) is 37.1 Å². The van der Waals surface area contributed by atoms with Crippen molar-refractivity contribution in [1.82, 2.24) is 10.2 Å². The molecule has 0 unspecified atom stereocenters. The lowest BCUT2D eigenvalue weighted by molar-refractivity contribution is 0.628. The topological polar surface area (TPSA) is 52.5 Å². The van der Waals surface area contributed by atoms with E-state index >= 15 is 0 Å². The quantitative estimate of drug-likeness (QED) is 0.857. The summed E-state index contributed by atoms with van der Waals surface area (Å²) in [4.78, 5) is 0. The number of hydrogen-bond acceptors (Lipinski definition) is 2. The van der Waals surface area contributed by atoms with Crippen LogP contribution in [0.15, 0.2) is 30.5 Å².